The molecular weight excluding hydrogens is 259 g/mol. The van der Waals surface area contributed by atoms with Gasteiger partial charge in [-0.3, -0.25) is 0 Å². The molecule has 0 bridgehead atoms. The van der Waals surface area contributed by atoms with Gasteiger partial charge in [-0.05, 0) is 34.7 Å². The Hall–Kier alpha value is -2.06. The Balaban J connectivity index is 2.03. The van der Waals surface area contributed by atoms with Crippen LogP contribution in [0.15, 0.2) is 66.7 Å². The van der Waals surface area contributed by atoms with E-state index in [1.807, 2.05) is 11.3 Å². The van der Waals surface area contributed by atoms with E-state index in [2.05, 4.69) is 74.6 Å². The second kappa shape index (κ2) is 4.50. The maximum Gasteiger partial charge on any atom is 0.139 e. The van der Waals surface area contributed by atoms with Crippen LogP contribution in [-0.2, 0) is 0 Å². The van der Waals surface area contributed by atoms with Crippen molar-refractivity contribution in [1.29, 1.82) is 0 Å². The lowest BCUT2D eigenvalue weighted by molar-refractivity contribution is 1.66. The van der Waals surface area contributed by atoms with Gasteiger partial charge in [0.25, 0.3) is 0 Å². The minimum Gasteiger partial charge on any atom is -0.135 e. The molecule has 0 nitrogen and oxygen atoms in total. The predicted octanol–water partition coefficient (Wildman–Crippen LogP) is 3.98. The molecule has 2 heteroatoms. The van der Waals surface area contributed by atoms with Gasteiger partial charge in [-0.1, -0.05) is 54.0 Å². The summed E-state index contributed by atoms with van der Waals surface area (Å²) in [5.41, 5.74) is 3.89. The van der Waals surface area contributed by atoms with Crippen LogP contribution in [0.4, 0.5) is 0 Å². The van der Waals surface area contributed by atoms with Crippen molar-refractivity contribution in [2.24, 2.45) is 0 Å². The van der Waals surface area contributed by atoms with Gasteiger partial charge < -0.3 is 0 Å². The van der Waals surface area contributed by atoms with Gasteiger partial charge >= 0.3 is 0 Å². The molecule has 3 aromatic carbocycles. The molecule has 0 saturated carbocycles. The standard InChI is InChI=1S/C18H13BS/c19-14-7-9-18-16(11-14)15-10-13(6-8-17(15)20-18)12-4-2-1-3-5-12/h1-11H,19H2. The van der Waals surface area contributed by atoms with Gasteiger partial charge in [-0.2, -0.15) is 0 Å². The first-order chi connectivity index (χ1) is 9.81. The Morgan fingerprint density at radius 2 is 1.35 bits per heavy atom. The normalized spacial score (nSPS) is 11.2. The monoisotopic (exact) mass is 272 g/mol. The number of rotatable bonds is 1. The molecule has 1 aromatic heterocycles. The van der Waals surface area contributed by atoms with Gasteiger partial charge in [-0.15, -0.1) is 11.3 Å². The fourth-order valence-corrected chi connectivity index (χ4v) is 3.77. The molecule has 0 aliphatic rings. The lowest BCUT2D eigenvalue weighted by atomic mass is 9.94. The molecular formula is C18H13BS. The molecule has 20 heavy (non-hydrogen) atoms. The van der Waals surface area contributed by atoms with Gasteiger partial charge in [0.15, 0.2) is 0 Å². The number of fused-ring (bicyclic) bond motifs is 3. The molecule has 0 amide bonds. The van der Waals surface area contributed by atoms with Gasteiger partial charge in [0.2, 0.25) is 0 Å². The van der Waals surface area contributed by atoms with E-state index in [9.17, 15) is 0 Å². The SMILES string of the molecule is Bc1ccc2sc3ccc(-c4ccccc4)cc3c2c1. The Labute approximate surface area is 123 Å². The van der Waals surface area contributed by atoms with Crippen molar-refractivity contribution in [3.8, 4) is 11.1 Å². The number of hydrogen-bond donors (Lipinski definition) is 0. The van der Waals surface area contributed by atoms with Crippen molar-refractivity contribution in [2.45, 2.75) is 0 Å². The molecule has 0 aliphatic heterocycles. The van der Waals surface area contributed by atoms with Crippen molar-refractivity contribution < 1.29 is 0 Å². The molecule has 0 fully saturated rings. The lowest BCUT2D eigenvalue weighted by Crippen LogP contribution is -1.98. The van der Waals surface area contributed by atoms with Gasteiger partial charge in [-0.25, -0.2) is 0 Å². The second-order valence-corrected chi connectivity index (χ2v) is 6.26. The number of benzene rings is 3. The Bertz CT molecular complexity index is 907. The minimum atomic E-state index is 1.28. The second-order valence-electron chi connectivity index (χ2n) is 5.18. The van der Waals surface area contributed by atoms with E-state index in [1.54, 1.807) is 0 Å². The Morgan fingerprint density at radius 3 is 2.15 bits per heavy atom. The summed E-state index contributed by atoms with van der Waals surface area (Å²) in [6, 6.07) is 24.1. The van der Waals surface area contributed by atoms with Crippen molar-refractivity contribution in [1.82, 2.24) is 0 Å². The smallest absolute Gasteiger partial charge is 0.135 e. The highest BCUT2D eigenvalue weighted by atomic mass is 32.1. The first kappa shape index (κ1) is 11.7. The van der Waals surface area contributed by atoms with Crippen LogP contribution in [0.1, 0.15) is 0 Å². The van der Waals surface area contributed by atoms with Crippen LogP contribution in [0.3, 0.4) is 0 Å². The summed E-state index contributed by atoms with van der Waals surface area (Å²) in [6.07, 6.45) is 0. The summed E-state index contributed by atoms with van der Waals surface area (Å²) in [4.78, 5) is 0. The molecule has 0 aliphatic carbocycles. The summed E-state index contributed by atoms with van der Waals surface area (Å²) in [7, 11) is 2.16. The third kappa shape index (κ3) is 1.84. The fraction of sp³-hybridized carbons (Fsp3) is 0. The molecule has 4 rings (SSSR count). The van der Waals surface area contributed by atoms with Crippen molar-refractivity contribution in [3.05, 3.63) is 66.7 Å². The summed E-state index contributed by atoms with van der Waals surface area (Å²) in [5, 5.41) is 2.75. The molecule has 1 heterocycles. The lowest BCUT2D eigenvalue weighted by Gasteiger charge is -2.02. The van der Waals surface area contributed by atoms with Crippen LogP contribution >= 0.6 is 11.3 Å². The van der Waals surface area contributed by atoms with Crippen molar-refractivity contribution >= 4 is 44.8 Å². The van der Waals surface area contributed by atoms with E-state index in [4.69, 9.17) is 0 Å². The third-order valence-corrected chi connectivity index (χ3v) is 4.88. The highest BCUT2D eigenvalue weighted by Crippen LogP contribution is 2.35. The van der Waals surface area contributed by atoms with Gasteiger partial charge in [0, 0.05) is 14.8 Å². The van der Waals surface area contributed by atoms with E-state index >= 15 is 0 Å². The fourth-order valence-electron chi connectivity index (χ4n) is 2.70. The summed E-state index contributed by atoms with van der Waals surface area (Å²) in [5.74, 6) is 0. The first-order valence-electron chi connectivity index (χ1n) is 6.79. The molecule has 0 N–H and O–H groups in total. The summed E-state index contributed by atoms with van der Waals surface area (Å²) < 4.78 is 2.74. The van der Waals surface area contributed by atoms with Crippen LogP contribution in [0.25, 0.3) is 31.3 Å². The van der Waals surface area contributed by atoms with Gasteiger partial charge in [0.1, 0.15) is 7.85 Å². The van der Waals surface area contributed by atoms with Crippen molar-refractivity contribution in [2.75, 3.05) is 0 Å². The highest BCUT2D eigenvalue weighted by molar-refractivity contribution is 7.25. The van der Waals surface area contributed by atoms with Crippen molar-refractivity contribution in [3.63, 3.8) is 0 Å². The maximum absolute atomic E-state index is 2.32. The first-order valence-corrected chi connectivity index (χ1v) is 7.61. The summed E-state index contributed by atoms with van der Waals surface area (Å²) >= 11 is 1.87. The molecule has 4 aromatic rings. The molecule has 0 atom stereocenters. The summed E-state index contributed by atoms with van der Waals surface area (Å²) in [6.45, 7) is 0. The van der Waals surface area contributed by atoms with Gasteiger partial charge in [0.05, 0.1) is 0 Å². The van der Waals surface area contributed by atoms with Crippen LogP contribution < -0.4 is 5.46 Å². The maximum atomic E-state index is 2.32. The zero-order chi connectivity index (χ0) is 13.5. The number of hydrogen-bond acceptors (Lipinski definition) is 1. The van der Waals surface area contributed by atoms with Crippen LogP contribution in [-0.4, -0.2) is 7.85 Å². The predicted molar refractivity (Wildman–Crippen MR) is 92.9 cm³/mol. The van der Waals surface area contributed by atoms with E-state index in [-0.39, 0.29) is 0 Å². The highest BCUT2D eigenvalue weighted by Gasteiger charge is 2.06. The zero-order valence-electron chi connectivity index (χ0n) is 11.3. The van der Waals surface area contributed by atoms with Crippen LogP contribution in [0.5, 0.6) is 0 Å². The molecule has 0 spiro atoms. The quantitative estimate of drug-likeness (QED) is 0.460. The van der Waals surface area contributed by atoms with E-state index in [0.29, 0.717) is 0 Å². The molecule has 0 unspecified atom stereocenters. The minimum absolute atomic E-state index is 1.28. The molecule has 0 radical (unpaired) electrons. The Kier molecular flexibility index (Phi) is 2.64. The topological polar surface area (TPSA) is 0 Å². The largest absolute Gasteiger partial charge is 0.139 e. The average molecular weight is 272 g/mol. The molecule has 94 valence electrons. The molecule has 0 saturated heterocycles. The third-order valence-electron chi connectivity index (χ3n) is 3.73. The van der Waals surface area contributed by atoms with E-state index < -0.39 is 0 Å². The zero-order valence-corrected chi connectivity index (χ0v) is 12.1. The average Bonchev–Trinajstić information content (AvgIpc) is 2.85. The number of thiophene rings is 1. The van der Waals surface area contributed by atoms with E-state index in [1.165, 1.54) is 36.8 Å². The van der Waals surface area contributed by atoms with Crippen LogP contribution in [0.2, 0.25) is 0 Å². The van der Waals surface area contributed by atoms with E-state index in [0.717, 1.165) is 0 Å². The Morgan fingerprint density at radius 1 is 0.650 bits per heavy atom. The van der Waals surface area contributed by atoms with Crippen LogP contribution in [0, 0.1) is 0 Å².